The van der Waals surface area contributed by atoms with E-state index in [1.807, 2.05) is 25.6 Å². The van der Waals surface area contributed by atoms with Gasteiger partial charge in [-0.1, -0.05) is 11.6 Å². The number of aromatic nitrogens is 1. The molecule has 1 fully saturated rings. The topological polar surface area (TPSA) is 29.3 Å². The number of thioether (sulfide) groups is 1. The summed E-state index contributed by atoms with van der Waals surface area (Å²) in [6.45, 7) is 4.99. The fourth-order valence-electron chi connectivity index (χ4n) is 2.78. The van der Waals surface area contributed by atoms with E-state index in [0.29, 0.717) is 6.04 Å². The van der Waals surface area contributed by atoms with Crippen molar-refractivity contribution in [2.24, 2.45) is 0 Å². The molecule has 0 aliphatic heterocycles. The molecule has 2 rings (SSSR count). The smallest absolute Gasteiger partial charge is 0.138 e. The summed E-state index contributed by atoms with van der Waals surface area (Å²) < 4.78 is 5.23. The van der Waals surface area contributed by atoms with Crippen molar-refractivity contribution in [2.75, 3.05) is 13.3 Å². The van der Waals surface area contributed by atoms with Crippen LogP contribution in [0, 0.1) is 13.8 Å². The minimum Gasteiger partial charge on any atom is -0.361 e. The van der Waals surface area contributed by atoms with Gasteiger partial charge in [-0.25, -0.2) is 0 Å². The molecule has 2 atom stereocenters. The molecule has 17 heavy (non-hydrogen) atoms. The molecule has 1 aromatic heterocycles. The van der Waals surface area contributed by atoms with E-state index >= 15 is 0 Å². The third-order valence-corrected chi connectivity index (χ3v) is 5.03. The van der Waals surface area contributed by atoms with E-state index in [0.717, 1.165) is 23.2 Å². The summed E-state index contributed by atoms with van der Waals surface area (Å²) in [5.41, 5.74) is 2.30. The second-order valence-corrected chi connectivity index (χ2v) is 6.07. The van der Waals surface area contributed by atoms with Crippen molar-refractivity contribution < 1.29 is 4.52 Å². The molecule has 1 aromatic rings. The Kier molecular flexibility index (Phi) is 4.15. The molecule has 0 N–H and O–H groups in total. The Morgan fingerprint density at radius 1 is 1.41 bits per heavy atom. The van der Waals surface area contributed by atoms with E-state index in [9.17, 15) is 0 Å². The van der Waals surface area contributed by atoms with Crippen molar-refractivity contribution in [3.8, 4) is 0 Å². The van der Waals surface area contributed by atoms with E-state index in [1.165, 1.54) is 24.8 Å². The van der Waals surface area contributed by atoms with Gasteiger partial charge in [-0.3, -0.25) is 4.90 Å². The van der Waals surface area contributed by atoms with Crippen LogP contribution in [0.3, 0.4) is 0 Å². The third-order valence-electron chi connectivity index (χ3n) is 3.88. The van der Waals surface area contributed by atoms with Crippen molar-refractivity contribution in [1.82, 2.24) is 10.1 Å². The molecule has 0 amide bonds. The van der Waals surface area contributed by atoms with E-state index in [1.54, 1.807) is 0 Å². The van der Waals surface area contributed by atoms with Gasteiger partial charge in [-0.2, -0.15) is 11.8 Å². The fourth-order valence-corrected chi connectivity index (χ4v) is 3.84. The predicted octanol–water partition coefficient (Wildman–Crippen LogP) is 3.01. The number of aryl methyl sites for hydroxylation is 2. The van der Waals surface area contributed by atoms with Crippen molar-refractivity contribution in [3.63, 3.8) is 0 Å². The molecule has 1 aliphatic carbocycles. The average Bonchev–Trinajstić information content (AvgIpc) is 2.90. The van der Waals surface area contributed by atoms with Crippen LogP contribution < -0.4 is 0 Å². The zero-order valence-corrected chi connectivity index (χ0v) is 12.0. The Hall–Kier alpha value is -0.480. The van der Waals surface area contributed by atoms with E-state index in [4.69, 9.17) is 4.52 Å². The highest BCUT2D eigenvalue weighted by molar-refractivity contribution is 7.99. The number of hydrogen-bond donors (Lipinski definition) is 0. The lowest BCUT2D eigenvalue weighted by molar-refractivity contribution is 0.240. The first-order valence-corrected chi connectivity index (χ1v) is 7.57. The lowest BCUT2D eigenvalue weighted by atomic mass is 10.1. The zero-order chi connectivity index (χ0) is 12.4. The monoisotopic (exact) mass is 254 g/mol. The molecule has 96 valence electrons. The summed E-state index contributed by atoms with van der Waals surface area (Å²) in [6.07, 6.45) is 6.28. The van der Waals surface area contributed by atoms with Crippen molar-refractivity contribution in [1.29, 1.82) is 0 Å². The van der Waals surface area contributed by atoms with Crippen LogP contribution in [0.5, 0.6) is 0 Å². The summed E-state index contributed by atoms with van der Waals surface area (Å²) >= 11 is 2.01. The molecule has 0 spiro atoms. The van der Waals surface area contributed by atoms with Crippen LogP contribution >= 0.6 is 11.8 Å². The van der Waals surface area contributed by atoms with Crippen LogP contribution in [0.25, 0.3) is 0 Å². The Morgan fingerprint density at radius 2 is 2.18 bits per heavy atom. The van der Waals surface area contributed by atoms with Crippen molar-refractivity contribution in [2.45, 2.75) is 50.9 Å². The molecule has 4 heteroatoms. The molecule has 0 radical (unpaired) electrons. The molecule has 0 aromatic carbocycles. The van der Waals surface area contributed by atoms with E-state index in [-0.39, 0.29) is 0 Å². The Morgan fingerprint density at radius 3 is 2.76 bits per heavy atom. The van der Waals surface area contributed by atoms with Gasteiger partial charge in [0.05, 0.1) is 5.69 Å². The highest BCUT2D eigenvalue weighted by Gasteiger charge is 2.30. The Balaban J connectivity index is 2.04. The van der Waals surface area contributed by atoms with Gasteiger partial charge < -0.3 is 4.52 Å². The summed E-state index contributed by atoms with van der Waals surface area (Å²) in [4.78, 5) is 2.47. The Labute approximate surface area is 108 Å². The fraction of sp³-hybridized carbons (Fsp3) is 0.769. The SMILES string of the molecule is CS[C@@H]1CCC[C@H]1N(C)Cc1c(C)noc1C. The minimum atomic E-state index is 0.707. The maximum Gasteiger partial charge on any atom is 0.138 e. The lowest BCUT2D eigenvalue weighted by Gasteiger charge is -2.28. The van der Waals surface area contributed by atoms with Crippen LogP contribution in [-0.4, -0.2) is 34.7 Å². The second kappa shape index (κ2) is 5.44. The first kappa shape index (κ1) is 13.0. The molecule has 1 saturated carbocycles. The lowest BCUT2D eigenvalue weighted by Crippen LogP contribution is -2.35. The second-order valence-electron chi connectivity index (χ2n) is 4.99. The van der Waals surface area contributed by atoms with E-state index < -0.39 is 0 Å². The van der Waals surface area contributed by atoms with Gasteiger partial charge >= 0.3 is 0 Å². The third kappa shape index (κ3) is 2.68. The zero-order valence-electron chi connectivity index (χ0n) is 11.2. The van der Waals surface area contributed by atoms with Gasteiger partial charge in [-0.15, -0.1) is 0 Å². The first-order valence-electron chi connectivity index (χ1n) is 6.28. The molecule has 3 nitrogen and oxygen atoms in total. The van der Waals surface area contributed by atoms with Gasteiger partial charge in [0.2, 0.25) is 0 Å². The van der Waals surface area contributed by atoms with E-state index in [2.05, 4.69) is 23.4 Å². The molecule has 0 saturated heterocycles. The molecule has 0 bridgehead atoms. The molecule has 1 heterocycles. The van der Waals surface area contributed by atoms with Gasteiger partial charge in [0, 0.05) is 23.4 Å². The van der Waals surface area contributed by atoms with Crippen LogP contribution in [0.15, 0.2) is 4.52 Å². The highest BCUT2D eigenvalue weighted by atomic mass is 32.2. The quantitative estimate of drug-likeness (QED) is 0.826. The van der Waals surface area contributed by atoms with Gasteiger partial charge in [0.25, 0.3) is 0 Å². The van der Waals surface area contributed by atoms with Crippen LogP contribution in [0.4, 0.5) is 0 Å². The highest BCUT2D eigenvalue weighted by Crippen LogP contribution is 2.32. The molecular formula is C13H22N2OS. The molecular weight excluding hydrogens is 232 g/mol. The number of hydrogen-bond acceptors (Lipinski definition) is 4. The minimum absolute atomic E-state index is 0.707. The van der Waals surface area contributed by atoms with Gasteiger partial charge in [0.15, 0.2) is 0 Å². The maximum atomic E-state index is 5.23. The summed E-state index contributed by atoms with van der Waals surface area (Å²) in [7, 11) is 2.23. The van der Waals surface area contributed by atoms with Gasteiger partial charge in [0.1, 0.15) is 5.76 Å². The van der Waals surface area contributed by atoms with Crippen molar-refractivity contribution >= 4 is 11.8 Å². The summed E-state index contributed by atoms with van der Waals surface area (Å²) in [5, 5.41) is 4.82. The maximum absolute atomic E-state index is 5.23. The van der Waals surface area contributed by atoms with Gasteiger partial charge in [-0.05, 0) is 40.0 Å². The Bertz CT molecular complexity index is 358. The van der Waals surface area contributed by atoms with Crippen molar-refractivity contribution in [3.05, 3.63) is 17.0 Å². The number of nitrogens with zero attached hydrogens (tertiary/aromatic N) is 2. The average molecular weight is 254 g/mol. The van der Waals surface area contributed by atoms with Crippen LogP contribution in [0.1, 0.15) is 36.3 Å². The van der Waals surface area contributed by atoms with Crippen LogP contribution in [0.2, 0.25) is 0 Å². The largest absolute Gasteiger partial charge is 0.361 e. The standard InChI is InChI=1S/C13H22N2OS/c1-9-11(10(2)16-14-9)8-15(3)12-6-5-7-13(12)17-4/h12-13H,5-8H2,1-4H3/t12-,13-/m1/s1. The van der Waals surface area contributed by atoms with Crippen LogP contribution in [-0.2, 0) is 6.54 Å². The normalized spacial score (nSPS) is 24.8. The summed E-state index contributed by atoms with van der Waals surface area (Å²) in [5.74, 6) is 0.966. The molecule has 1 aliphatic rings. The number of rotatable bonds is 4. The predicted molar refractivity (Wildman–Crippen MR) is 72.4 cm³/mol. The molecule has 0 unspecified atom stereocenters. The first-order chi connectivity index (χ1) is 8.13. The summed E-state index contributed by atoms with van der Waals surface area (Å²) in [6, 6.07) is 0.707.